The lowest BCUT2D eigenvalue weighted by molar-refractivity contribution is 0.412. The minimum atomic E-state index is 0.749. The van der Waals surface area contributed by atoms with Crippen LogP contribution in [0, 0.1) is 0 Å². The number of hydrogen-bond donors (Lipinski definition) is 0. The summed E-state index contributed by atoms with van der Waals surface area (Å²) < 4.78 is 6.19. The third-order valence-corrected chi connectivity index (χ3v) is 3.91. The van der Waals surface area contributed by atoms with E-state index in [2.05, 4.69) is 28.1 Å². The second-order valence-corrected chi connectivity index (χ2v) is 5.40. The Morgan fingerprint density at radius 2 is 2.27 bits per heavy atom. The van der Waals surface area contributed by atoms with Gasteiger partial charge in [0.25, 0.3) is 0 Å². The summed E-state index contributed by atoms with van der Waals surface area (Å²) in [5.74, 6) is 3.77. The van der Waals surface area contributed by atoms with Crippen LogP contribution in [0.15, 0.2) is 22.7 Å². The monoisotopic (exact) mass is 308 g/mol. The summed E-state index contributed by atoms with van der Waals surface area (Å²) in [7, 11) is 1.68. The lowest BCUT2D eigenvalue weighted by Gasteiger charge is -2.05. The SMILES string of the molecule is COc1ccc(CSCCCCl)cc1Br. The fraction of sp³-hybridized carbons (Fsp3) is 0.455. The molecule has 0 heterocycles. The van der Waals surface area contributed by atoms with E-state index in [0.717, 1.165) is 34.0 Å². The summed E-state index contributed by atoms with van der Waals surface area (Å²) in [6.07, 6.45) is 1.07. The molecular weight excluding hydrogens is 296 g/mol. The van der Waals surface area contributed by atoms with Gasteiger partial charge in [0.2, 0.25) is 0 Å². The molecule has 4 heteroatoms. The molecule has 0 fully saturated rings. The number of methoxy groups -OCH3 is 1. The molecule has 0 bridgehead atoms. The summed E-state index contributed by atoms with van der Waals surface area (Å²) in [6.45, 7) is 0. The molecule has 0 aliphatic carbocycles. The largest absolute Gasteiger partial charge is 0.496 e. The molecule has 0 aliphatic heterocycles. The van der Waals surface area contributed by atoms with Gasteiger partial charge < -0.3 is 4.74 Å². The molecule has 15 heavy (non-hydrogen) atoms. The molecule has 0 unspecified atom stereocenters. The van der Waals surface area contributed by atoms with Crippen LogP contribution in [0.2, 0.25) is 0 Å². The maximum Gasteiger partial charge on any atom is 0.133 e. The Labute approximate surface area is 109 Å². The maximum atomic E-state index is 5.61. The lowest BCUT2D eigenvalue weighted by Crippen LogP contribution is -1.88. The first-order valence-electron chi connectivity index (χ1n) is 4.74. The molecule has 0 amide bonds. The highest BCUT2D eigenvalue weighted by molar-refractivity contribution is 9.10. The Morgan fingerprint density at radius 3 is 2.87 bits per heavy atom. The van der Waals surface area contributed by atoms with Crippen LogP contribution in [0.25, 0.3) is 0 Å². The molecule has 0 N–H and O–H groups in total. The molecule has 0 aromatic heterocycles. The van der Waals surface area contributed by atoms with Crippen LogP contribution in [-0.4, -0.2) is 18.7 Å². The van der Waals surface area contributed by atoms with Crippen molar-refractivity contribution in [2.24, 2.45) is 0 Å². The van der Waals surface area contributed by atoms with Crippen LogP contribution in [0.5, 0.6) is 5.75 Å². The summed E-state index contributed by atoms with van der Waals surface area (Å²) >= 11 is 11.0. The average molecular weight is 310 g/mol. The maximum absolute atomic E-state index is 5.61. The van der Waals surface area contributed by atoms with Crippen LogP contribution >= 0.6 is 39.3 Å². The third-order valence-electron chi connectivity index (χ3n) is 1.91. The van der Waals surface area contributed by atoms with Crippen LogP contribution in [-0.2, 0) is 5.75 Å². The number of rotatable bonds is 6. The van der Waals surface area contributed by atoms with E-state index in [0.29, 0.717) is 0 Å². The first kappa shape index (κ1) is 13.2. The Morgan fingerprint density at radius 1 is 1.47 bits per heavy atom. The molecule has 0 spiro atoms. The van der Waals surface area contributed by atoms with Crippen molar-refractivity contribution in [1.82, 2.24) is 0 Å². The molecule has 1 aromatic carbocycles. The predicted octanol–water partition coefficient (Wildman–Crippen LogP) is 4.32. The number of thioether (sulfide) groups is 1. The first-order valence-corrected chi connectivity index (χ1v) is 7.22. The standard InChI is InChI=1S/C11H14BrClOS/c1-14-11-4-3-9(7-10(11)12)8-15-6-2-5-13/h3-4,7H,2,5-6,8H2,1H3. The summed E-state index contributed by atoms with van der Waals surface area (Å²) in [5.41, 5.74) is 1.31. The number of ether oxygens (including phenoxy) is 1. The quantitative estimate of drug-likeness (QED) is 0.572. The van der Waals surface area contributed by atoms with Gasteiger partial charge in [-0.2, -0.15) is 11.8 Å². The van der Waals surface area contributed by atoms with Crippen molar-refractivity contribution >= 4 is 39.3 Å². The normalized spacial score (nSPS) is 10.3. The molecule has 1 nitrogen and oxygen atoms in total. The minimum absolute atomic E-state index is 0.749. The number of halogens is 2. The van der Waals surface area contributed by atoms with Crippen molar-refractivity contribution in [3.05, 3.63) is 28.2 Å². The molecule has 1 rings (SSSR count). The fourth-order valence-electron chi connectivity index (χ4n) is 1.15. The smallest absolute Gasteiger partial charge is 0.133 e. The Hall–Kier alpha value is 0.140. The van der Waals surface area contributed by atoms with Gasteiger partial charge in [0, 0.05) is 11.6 Å². The molecular formula is C11H14BrClOS. The Bertz CT molecular complexity index is 307. The van der Waals surface area contributed by atoms with Crippen molar-refractivity contribution in [3.63, 3.8) is 0 Å². The molecule has 0 saturated carbocycles. The third kappa shape index (κ3) is 4.66. The predicted molar refractivity (Wildman–Crippen MR) is 72.2 cm³/mol. The van der Waals surface area contributed by atoms with Crippen molar-refractivity contribution in [1.29, 1.82) is 0 Å². The highest BCUT2D eigenvalue weighted by atomic mass is 79.9. The summed E-state index contributed by atoms with van der Waals surface area (Å²) in [6, 6.07) is 6.19. The Kier molecular flexibility index (Phi) is 6.53. The van der Waals surface area contributed by atoms with Crippen molar-refractivity contribution in [3.8, 4) is 5.75 Å². The topological polar surface area (TPSA) is 9.23 Å². The zero-order valence-electron chi connectivity index (χ0n) is 8.63. The molecule has 0 atom stereocenters. The van der Waals surface area contributed by atoms with Crippen molar-refractivity contribution in [2.75, 3.05) is 18.7 Å². The van der Waals surface area contributed by atoms with Crippen LogP contribution in [0.3, 0.4) is 0 Å². The van der Waals surface area contributed by atoms with E-state index in [9.17, 15) is 0 Å². The number of alkyl halides is 1. The van der Waals surface area contributed by atoms with E-state index < -0.39 is 0 Å². The lowest BCUT2D eigenvalue weighted by atomic mass is 10.2. The van der Waals surface area contributed by atoms with Gasteiger partial charge in [0.1, 0.15) is 5.75 Å². The molecule has 0 saturated heterocycles. The van der Waals surface area contributed by atoms with E-state index in [1.807, 2.05) is 17.8 Å². The number of hydrogen-bond acceptors (Lipinski definition) is 2. The molecule has 0 aliphatic rings. The van der Waals surface area contributed by atoms with Crippen molar-refractivity contribution < 1.29 is 4.74 Å². The van der Waals surface area contributed by atoms with E-state index in [1.54, 1.807) is 7.11 Å². The fourth-order valence-corrected chi connectivity index (χ4v) is 2.93. The minimum Gasteiger partial charge on any atom is -0.496 e. The zero-order valence-corrected chi connectivity index (χ0v) is 11.8. The zero-order chi connectivity index (χ0) is 11.1. The molecule has 1 aromatic rings. The van der Waals surface area contributed by atoms with Gasteiger partial charge in [-0.3, -0.25) is 0 Å². The highest BCUT2D eigenvalue weighted by Gasteiger charge is 2.01. The van der Waals surface area contributed by atoms with Crippen LogP contribution in [0.1, 0.15) is 12.0 Å². The van der Waals surface area contributed by atoms with Crippen LogP contribution < -0.4 is 4.74 Å². The average Bonchev–Trinajstić information content (AvgIpc) is 2.25. The van der Waals surface area contributed by atoms with E-state index in [1.165, 1.54) is 5.56 Å². The van der Waals surface area contributed by atoms with Gasteiger partial charge in [-0.15, -0.1) is 11.6 Å². The first-order chi connectivity index (χ1) is 7.27. The number of benzene rings is 1. The second kappa shape index (κ2) is 7.42. The van der Waals surface area contributed by atoms with Gasteiger partial charge in [0.15, 0.2) is 0 Å². The Balaban J connectivity index is 2.45. The van der Waals surface area contributed by atoms with Gasteiger partial charge in [-0.05, 0) is 45.8 Å². The second-order valence-electron chi connectivity index (χ2n) is 3.06. The highest BCUT2D eigenvalue weighted by Crippen LogP contribution is 2.27. The van der Waals surface area contributed by atoms with Gasteiger partial charge >= 0.3 is 0 Å². The van der Waals surface area contributed by atoms with Gasteiger partial charge in [-0.1, -0.05) is 6.07 Å². The van der Waals surface area contributed by atoms with E-state index in [4.69, 9.17) is 16.3 Å². The molecule has 84 valence electrons. The van der Waals surface area contributed by atoms with Crippen molar-refractivity contribution in [2.45, 2.75) is 12.2 Å². The molecule has 0 radical (unpaired) electrons. The van der Waals surface area contributed by atoms with Gasteiger partial charge in [-0.25, -0.2) is 0 Å². The van der Waals surface area contributed by atoms with E-state index >= 15 is 0 Å². The van der Waals surface area contributed by atoms with Crippen LogP contribution in [0.4, 0.5) is 0 Å². The summed E-state index contributed by atoms with van der Waals surface area (Å²) in [4.78, 5) is 0. The van der Waals surface area contributed by atoms with E-state index in [-0.39, 0.29) is 0 Å². The summed E-state index contributed by atoms with van der Waals surface area (Å²) in [5, 5.41) is 0. The van der Waals surface area contributed by atoms with Gasteiger partial charge in [0.05, 0.1) is 11.6 Å².